The first-order valence-electron chi connectivity index (χ1n) is 11.1. The van der Waals surface area contributed by atoms with Crippen LogP contribution in [0.3, 0.4) is 0 Å². The quantitative estimate of drug-likeness (QED) is 0.269. The normalized spacial score (nSPS) is 15.6. The molecule has 5 nitrogen and oxygen atoms in total. The van der Waals surface area contributed by atoms with E-state index in [1.165, 1.54) is 16.2 Å². The van der Waals surface area contributed by atoms with Gasteiger partial charge < -0.3 is 5.11 Å². The summed E-state index contributed by atoms with van der Waals surface area (Å²) in [4.78, 5) is 33.8. The number of thiazole rings is 1. The van der Waals surface area contributed by atoms with Crippen molar-refractivity contribution < 1.29 is 14.7 Å². The van der Waals surface area contributed by atoms with Gasteiger partial charge in [-0.05, 0) is 43.2 Å². The Hall–Kier alpha value is -3.45. The standard InChI is InChI=1S/C28H20Cl2N2O3S/c1-15-8-6-7-11-19(15)23-22(25(34)28(35)32(23)18-12-13-20(29)21(30)14-18)24(33)26-16(2)31-27(36-26)17-9-4-3-5-10-17/h3-14,23,34H,1-2H3. The number of aryl methyl sites for hydroxylation is 2. The van der Waals surface area contributed by atoms with Gasteiger partial charge in [-0.1, -0.05) is 77.8 Å². The Morgan fingerprint density at radius 3 is 2.36 bits per heavy atom. The van der Waals surface area contributed by atoms with Crippen LogP contribution in [0.4, 0.5) is 5.69 Å². The van der Waals surface area contributed by atoms with Crippen molar-refractivity contribution in [2.45, 2.75) is 19.9 Å². The molecular formula is C28H20Cl2N2O3S. The second kappa shape index (κ2) is 9.54. The number of ketones is 1. The lowest BCUT2D eigenvalue weighted by Gasteiger charge is -2.28. The molecule has 0 saturated heterocycles. The van der Waals surface area contributed by atoms with E-state index in [9.17, 15) is 14.7 Å². The molecule has 1 aromatic heterocycles. The van der Waals surface area contributed by atoms with Gasteiger partial charge in [-0.3, -0.25) is 14.5 Å². The Labute approximate surface area is 222 Å². The molecule has 3 aromatic carbocycles. The number of carbonyl (C=O) groups excluding carboxylic acids is 2. The van der Waals surface area contributed by atoms with Crippen LogP contribution in [0.5, 0.6) is 0 Å². The number of Topliss-reactive ketones (excluding diaryl/α,β-unsaturated/α-hetero) is 1. The molecule has 0 spiro atoms. The predicted octanol–water partition coefficient (Wildman–Crippen LogP) is 7.52. The van der Waals surface area contributed by atoms with Crippen molar-refractivity contribution in [1.29, 1.82) is 0 Å². The van der Waals surface area contributed by atoms with E-state index in [-0.39, 0.29) is 10.6 Å². The molecule has 1 aliphatic rings. The average molecular weight is 535 g/mol. The third-order valence-electron chi connectivity index (χ3n) is 6.14. The predicted molar refractivity (Wildman–Crippen MR) is 144 cm³/mol. The number of aliphatic hydroxyl groups excluding tert-OH is 1. The van der Waals surface area contributed by atoms with Gasteiger partial charge in [-0.2, -0.15) is 0 Å². The van der Waals surface area contributed by atoms with Crippen LogP contribution >= 0.6 is 34.5 Å². The van der Waals surface area contributed by atoms with E-state index >= 15 is 0 Å². The number of anilines is 1. The molecule has 4 aromatic rings. The molecule has 0 radical (unpaired) electrons. The number of aromatic nitrogens is 1. The van der Waals surface area contributed by atoms with E-state index < -0.39 is 23.5 Å². The van der Waals surface area contributed by atoms with Crippen LogP contribution in [0.1, 0.15) is 32.5 Å². The summed E-state index contributed by atoms with van der Waals surface area (Å²) < 4.78 is 0. The Morgan fingerprint density at radius 2 is 1.67 bits per heavy atom. The Kier molecular flexibility index (Phi) is 6.43. The number of halogens is 2. The largest absolute Gasteiger partial charge is 0.503 e. The number of nitrogens with zero attached hydrogens (tertiary/aromatic N) is 2. The molecule has 1 atom stereocenters. The highest BCUT2D eigenvalue weighted by Crippen LogP contribution is 2.45. The van der Waals surface area contributed by atoms with Crippen molar-refractivity contribution in [2.75, 3.05) is 4.90 Å². The highest BCUT2D eigenvalue weighted by Gasteiger charge is 2.46. The van der Waals surface area contributed by atoms with Gasteiger partial charge in [0.15, 0.2) is 5.76 Å². The first-order valence-corrected chi connectivity index (χ1v) is 12.7. The Balaban J connectivity index is 1.66. The molecule has 1 amide bonds. The number of carbonyl (C=O) groups is 2. The van der Waals surface area contributed by atoms with Crippen LogP contribution < -0.4 is 4.90 Å². The van der Waals surface area contributed by atoms with E-state index in [2.05, 4.69) is 4.98 Å². The maximum Gasteiger partial charge on any atom is 0.294 e. The second-order valence-corrected chi connectivity index (χ2v) is 10.2. The van der Waals surface area contributed by atoms with Crippen molar-refractivity contribution in [2.24, 2.45) is 0 Å². The first-order chi connectivity index (χ1) is 17.3. The van der Waals surface area contributed by atoms with Gasteiger partial charge in [-0.15, -0.1) is 11.3 Å². The zero-order chi connectivity index (χ0) is 25.6. The minimum atomic E-state index is -0.856. The summed E-state index contributed by atoms with van der Waals surface area (Å²) in [6.07, 6.45) is 0. The number of hydrogen-bond donors (Lipinski definition) is 1. The molecular weight excluding hydrogens is 515 g/mol. The van der Waals surface area contributed by atoms with Gasteiger partial charge in [0.05, 0.1) is 32.2 Å². The monoisotopic (exact) mass is 534 g/mol. The smallest absolute Gasteiger partial charge is 0.294 e. The van der Waals surface area contributed by atoms with Gasteiger partial charge in [0.1, 0.15) is 5.01 Å². The molecule has 5 rings (SSSR count). The van der Waals surface area contributed by atoms with Gasteiger partial charge in [0.25, 0.3) is 5.91 Å². The van der Waals surface area contributed by atoms with E-state index in [1.54, 1.807) is 25.1 Å². The molecule has 0 bridgehead atoms. The van der Waals surface area contributed by atoms with Gasteiger partial charge in [0, 0.05) is 11.3 Å². The summed E-state index contributed by atoms with van der Waals surface area (Å²) in [5.41, 5.74) is 3.43. The summed E-state index contributed by atoms with van der Waals surface area (Å²) >= 11 is 13.6. The van der Waals surface area contributed by atoms with Crippen LogP contribution in [0.15, 0.2) is 84.1 Å². The van der Waals surface area contributed by atoms with Crippen molar-refractivity contribution in [3.8, 4) is 10.6 Å². The fraction of sp³-hybridized carbons (Fsp3) is 0.107. The second-order valence-electron chi connectivity index (χ2n) is 8.42. The summed E-state index contributed by atoms with van der Waals surface area (Å²) in [5, 5.41) is 12.4. The molecule has 8 heteroatoms. The molecule has 1 N–H and O–H groups in total. The zero-order valence-electron chi connectivity index (χ0n) is 19.3. The highest BCUT2D eigenvalue weighted by molar-refractivity contribution is 7.17. The van der Waals surface area contributed by atoms with Crippen LogP contribution in [0, 0.1) is 13.8 Å². The molecule has 0 saturated carbocycles. The number of amides is 1. The molecule has 2 heterocycles. The Bertz CT molecular complexity index is 1550. The van der Waals surface area contributed by atoms with E-state index in [0.29, 0.717) is 26.3 Å². The van der Waals surface area contributed by atoms with E-state index in [0.717, 1.165) is 16.7 Å². The van der Waals surface area contributed by atoms with Crippen LogP contribution in [-0.2, 0) is 4.79 Å². The topological polar surface area (TPSA) is 70.5 Å². The van der Waals surface area contributed by atoms with Crippen molar-refractivity contribution in [3.05, 3.63) is 116 Å². The summed E-state index contributed by atoms with van der Waals surface area (Å²) in [7, 11) is 0. The number of aliphatic hydroxyl groups is 1. The maximum atomic E-state index is 14.0. The summed E-state index contributed by atoms with van der Waals surface area (Å²) in [6.45, 7) is 3.65. The van der Waals surface area contributed by atoms with Crippen molar-refractivity contribution >= 4 is 51.9 Å². The summed E-state index contributed by atoms with van der Waals surface area (Å²) in [6, 6.07) is 20.9. The lowest BCUT2D eigenvalue weighted by atomic mass is 9.92. The molecule has 0 fully saturated rings. The van der Waals surface area contributed by atoms with Gasteiger partial charge in [-0.25, -0.2) is 4.98 Å². The minimum absolute atomic E-state index is 0.00624. The minimum Gasteiger partial charge on any atom is -0.503 e. The average Bonchev–Trinajstić information content (AvgIpc) is 3.39. The third kappa shape index (κ3) is 4.11. The molecule has 1 unspecified atom stereocenters. The zero-order valence-corrected chi connectivity index (χ0v) is 21.7. The van der Waals surface area contributed by atoms with Crippen LogP contribution in [0.2, 0.25) is 10.0 Å². The number of benzene rings is 3. The molecule has 180 valence electrons. The fourth-order valence-corrected chi connectivity index (χ4v) is 5.68. The van der Waals surface area contributed by atoms with E-state index in [4.69, 9.17) is 23.2 Å². The number of rotatable bonds is 5. The van der Waals surface area contributed by atoms with Crippen LogP contribution in [0.25, 0.3) is 10.6 Å². The first kappa shape index (κ1) is 24.3. The Morgan fingerprint density at radius 1 is 0.972 bits per heavy atom. The highest BCUT2D eigenvalue weighted by atomic mass is 35.5. The van der Waals surface area contributed by atoms with Gasteiger partial charge >= 0.3 is 0 Å². The third-order valence-corrected chi connectivity index (χ3v) is 8.09. The SMILES string of the molecule is Cc1ccccc1C1C(C(=O)c2sc(-c3ccccc3)nc2C)=C(O)C(=O)N1c1ccc(Cl)c(Cl)c1. The van der Waals surface area contributed by atoms with Crippen LogP contribution in [-0.4, -0.2) is 21.8 Å². The maximum absolute atomic E-state index is 14.0. The molecule has 1 aliphatic heterocycles. The molecule has 36 heavy (non-hydrogen) atoms. The lowest BCUT2D eigenvalue weighted by Crippen LogP contribution is -2.31. The van der Waals surface area contributed by atoms with Crippen molar-refractivity contribution in [3.63, 3.8) is 0 Å². The summed E-state index contributed by atoms with van der Waals surface area (Å²) in [5.74, 6) is -1.71. The fourth-order valence-electron chi connectivity index (χ4n) is 4.36. The number of hydrogen-bond acceptors (Lipinski definition) is 5. The van der Waals surface area contributed by atoms with Crippen molar-refractivity contribution in [1.82, 2.24) is 4.98 Å². The van der Waals surface area contributed by atoms with Gasteiger partial charge in [0.2, 0.25) is 5.78 Å². The molecule has 0 aliphatic carbocycles. The van der Waals surface area contributed by atoms with E-state index in [1.807, 2.05) is 61.5 Å². The lowest BCUT2D eigenvalue weighted by molar-refractivity contribution is -0.117.